The topological polar surface area (TPSA) is 22.1 Å². The molecule has 0 aliphatic rings. The highest BCUT2D eigenvalue weighted by molar-refractivity contribution is 7.18. The third-order valence-corrected chi connectivity index (χ3v) is 2.84. The van der Waals surface area contributed by atoms with E-state index in [-0.39, 0.29) is 5.60 Å². The van der Waals surface area contributed by atoms with Crippen LogP contribution in [0.1, 0.15) is 25.8 Å². The quantitative estimate of drug-likeness (QED) is 0.731. The molecule has 0 aliphatic carbocycles. The molecular formula is C12H15NOS. The monoisotopic (exact) mass is 221 g/mol. The molecule has 2 nitrogen and oxygen atoms in total. The SMILES string of the molecule is Cc1nc2cc(OC(C)(C)C)ccc2s1. The Kier molecular flexibility index (Phi) is 2.43. The van der Waals surface area contributed by atoms with Crippen LogP contribution in [-0.4, -0.2) is 10.6 Å². The van der Waals surface area contributed by atoms with Gasteiger partial charge in [-0.2, -0.15) is 0 Å². The molecule has 2 aromatic rings. The van der Waals surface area contributed by atoms with E-state index in [1.54, 1.807) is 11.3 Å². The highest BCUT2D eigenvalue weighted by Crippen LogP contribution is 2.27. The minimum absolute atomic E-state index is 0.154. The number of aryl methyl sites for hydroxylation is 1. The molecule has 0 saturated heterocycles. The largest absolute Gasteiger partial charge is 0.488 e. The van der Waals surface area contributed by atoms with Crippen LogP contribution in [0.2, 0.25) is 0 Å². The van der Waals surface area contributed by atoms with Gasteiger partial charge in [0.25, 0.3) is 0 Å². The van der Waals surface area contributed by atoms with E-state index in [1.165, 1.54) is 4.70 Å². The Balaban J connectivity index is 2.38. The van der Waals surface area contributed by atoms with E-state index in [0.29, 0.717) is 0 Å². The molecular weight excluding hydrogens is 206 g/mol. The van der Waals surface area contributed by atoms with Crippen molar-refractivity contribution in [1.82, 2.24) is 4.98 Å². The average Bonchev–Trinajstić information content (AvgIpc) is 2.40. The van der Waals surface area contributed by atoms with Gasteiger partial charge in [-0.05, 0) is 39.8 Å². The first-order chi connectivity index (χ1) is 6.94. The van der Waals surface area contributed by atoms with Gasteiger partial charge in [0, 0.05) is 6.07 Å². The number of hydrogen-bond acceptors (Lipinski definition) is 3. The van der Waals surface area contributed by atoms with Crippen LogP contribution in [0.3, 0.4) is 0 Å². The Labute approximate surface area is 93.9 Å². The van der Waals surface area contributed by atoms with Crippen molar-refractivity contribution in [3.05, 3.63) is 23.2 Å². The number of benzene rings is 1. The van der Waals surface area contributed by atoms with Gasteiger partial charge in [0.15, 0.2) is 0 Å². The summed E-state index contributed by atoms with van der Waals surface area (Å²) in [5.74, 6) is 0.889. The molecule has 1 heterocycles. The molecule has 0 aliphatic heterocycles. The molecule has 0 amide bonds. The van der Waals surface area contributed by atoms with Crippen LogP contribution >= 0.6 is 11.3 Å². The van der Waals surface area contributed by atoms with Gasteiger partial charge < -0.3 is 4.74 Å². The Bertz CT molecular complexity index is 482. The standard InChI is InChI=1S/C12H15NOS/c1-8-13-10-7-9(14-12(2,3)4)5-6-11(10)15-8/h5-7H,1-4H3. The van der Waals surface area contributed by atoms with E-state index in [9.17, 15) is 0 Å². The second-order valence-electron chi connectivity index (χ2n) is 4.58. The molecule has 80 valence electrons. The number of ether oxygens (including phenoxy) is 1. The number of rotatable bonds is 1. The molecule has 0 radical (unpaired) electrons. The first-order valence-corrected chi connectivity index (χ1v) is 5.82. The van der Waals surface area contributed by atoms with Crippen LogP contribution in [0.15, 0.2) is 18.2 Å². The molecule has 0 bridgehead atoms. The Hall–Kier alpha value is -1.09. The van der Waals surface area contributed by atoms with Crippen molar-refractivity contribution in [2.45, 2.75) is 33.3 Å². The Morgan fingerprint density at radius 2 is 2.00 bits per heavy atom. The molecule has 15 heavy (non-hydrogen) atoms. The van der Waals surface area contributed by atoms with Crippen molar-refractivity contribution in [2.24, 2.45) is 0 Å². The fourth-order valence-corrected chi connectivity index (χ4v) is 2.25. The molecule has 2 rings (SSSR count). The number of thiazole rings is 1. The first-order valence-electron chi connectivity index (χ1n) is 5.00. The summed E-state index contributed by atoms with van der Waals surface area (Å²) in [5, 5.41) is 1.10. The van der Waals surface area contributed by atoms with E-state index >= 15 is 0 Å². The van der Waals surface area contributed by atoms with E-state index < -0.39 is 0 Å². The summed E-state index contributed by atoms with van der Waals surface area (Å²) in [4.78, 5) is 4.44. The molecule has 0 unspecified atom stereocenters. The lowest BCUT2D eigenvalue weighted by atomic mass is 10.2. The van der Waals surface area contributed by atoms with Gasteiger partial charge in [0.05, 0.1) is 15.2 Å². The van der Waals surface area contributed by atoms with Crippen molar-refractivity contribution in [1.29, 1.82) is 0 Å². The van der Waals surface area contributed by atoms with Crippen molar-refractivity contribution in [3.8, 4) is 5.75 Å². The van der Waals surface area contributed by atoms with Gasteiger partial charge in [0.1, 0.15) is 11.4 Å². The van der Waals surface area contributed by atoms with Crippen molar-refractivity contribution >= 4 is 21.6 Å². The fraction of sp³-hybridized carbons (Fsp3) is 0.417. The van der Waals surface area contributed by atoms with Gasteiger partial charge in [0.2, 0.25) is 0 Å². The van der Waals surface area contributed by atoms with Crippen LogP contribution in [-0.2, 0) is 0 Å². The lowest BCUT2D eigenvalue weighted by Crippen LogP contribution is -2.22. The highest BCUT2D eigenvalue weighted by atomic mass is 32.1. The van der Waals surface area contributed by atoms with Gasteiger partial charge in [-0.25, -0.2) is 4.98 Å². The number of hydrogen-bond donors (Lipinski definition) is 0. The minimum atomic E-state index is -0.154. The number of aromatic nitrogens is 1. The highest BCUT2D eigenvalue weighted by Gasteiger charge is 2.12. The predicted octanol–water partition coefficient (Wildman–Crippen LogP) is 3.78. The van der Waals surface area contributed by atoms with Crippen LogP contribution in [0.25, 0.3) is 10.2 Å². The summed E-state index contributed by atoms with van der Waals surface area (Å²) in [7, 11) is 0. The molecule has 0 spiro atoms. The second-order valence-corrected chi connectivity index (χ2v) is 5.81. The maximum absolute atomic E-state index is 5.78. The van der Waals surface area contributed by atoms with Crippen molar-refractivity contribution in [2.75, 3.05) is 0 Å². The van der Waals surface area contributed by atoms with E-state index in [0.717, 1.165) is 16.3 Å². The van der Waals surface area contributed by atoms with Gasteiger partial charge in [-0.3, -0.25) is 0 Å². The van der Waals surface area contributed by atoms with Crippen LogP contribution < -0.4 is 4.74 Å². The first kappa shape index (κ1) is 10.4. The van der Waals surface area contributed by atoms with E-state index in [2.05, 4.69) is 11.1 Å². The molecule has 0 N–H and O–H groups in total. The lowest BCUT2D eigenvalue weighted by molar-refractivity contribution is 0.131. The summed E-state index contributed by atoms with van der Waals surface area (Å²) in [6, 6.07) is 6.08. The molecule has 1 aromatic carbocycles. The third kappa shape index (κ3) is 2.48. The summed E-state index contributed by atoms with van der Waals surface area (Å²) in [6.45, 7) is 8.16. The zero-order valence-corrected chi connectivity index (χ0v) is 10.3. The molecule has 3 heteroatoms. The number of nitrogens with zero attached hydrogens (tertiary/aromatic N) is 1. The zero-order chi connectivity index (χ0) is 11.1. The molecule has 0 atom stereocenters. The lowest BCUT2D eigenvalue weighted by Gasteiger charge is -2.20. The van der Waals surface area contributed by atoms with E-state index in [1.807, 2.05) is 39.8 Å². The van der Waals surface area contributed by atoms with Crippen LogP contribution in [0.4, 0.5) is 0 Å². The Morgan fingerprint density at radius 1 is 1.27 bits per heavy atom. The van der Waals surface area contributed by atoms with Crippen LogP contribution in [0.5, 0.6) is 5.75 Å². The van der Waals surface area contributed by atoms with E-state index in [4.69, 9.17) is 4.74 Å². The second kappa shape index (κ2) is 3.49. The molecule has 1 aromatic heterocycles. The van der Waals surface area contributed by atoms with Gasteiger partial charge in [-0.1, -0.05) is 0 Å². The molecule has 0 saturated carbocycles. The maximum Gasteiger partial charge on any atom is 0.122 e. The predicted molar refractivity (Wildman–Crippen MR) is 64.7 cm³/mol. The summed E-state index contributed by atoms with van der Waals surface area (Å²) in [6.07, 6.45) is 0. The zero-order valence-electron chi connectivity index (χ0n) is 9.50. The van der Waals surface area contributed by atoms with Crippen molar-refractivity contribution < 1.29 is 4.74 Å². The third-order valence-electron chi connectivity index (χ3n) is 1.89. The normalized spacial score (nSPS) is 12.0. The summed E-state index contributed by atoms with van der Waals surface area (Å²) >= 11 is 1.71. The minimum Gasteiger partial charge on any atom is -0.488 e. The van der Waals surface area contributed by atoms with Gasteiger partial charge >= 0.3 is 0 Å². The smallest absolute Gasteiger partial charge is 0.122 e. The van der Waals surface area contributed by atoms with Crippen LogP contribution in [0, 0.1) is 6.92 Å². The average molecular weight is 221 g/mol. The maximum atomic E-state index is 5.78. The van der Waals surface area contributed by atoms with Crippen molar-refractivity contribution in [3.63, 3.8) is 0 Å². The number of fused-ring (bicyclic) bond motifs is 1. The molecule has 0 fully saturated rings. The van der Waals surface area contributed by atoms with Gasteiger partial charge in [-0.15, -0.1) is 11.3 Å². The summed E-state index contributed by atoms with van der Waals surface area (Å²) in [5.41, 5.74) is 0.873. The fourth-order valence-electron chi connectivity index (χ4n) is 1.44. The summed E-state index contributed by atoms with van der Waals surface area (Å²) < 4.78 is 7.00. The Morgan fingerprint density at radius 3 is 2.67 bits per heavy atom.